The van der Waals surface area contributed by atoms with Crippen molar-refractivity contribution in [2.24, 2.45) is 33.7 Å². The first-order valence-electron chi connectivity index (χ1n) is 11.4. The van der Waals surface area contributed by atoms with Crippen molar-refractivity contribution in [2.75, 3.05) is 0 Å². The molecule has 3 nitrogen and oxygen atoms in total. The molecule has 0 radical (unpaired) electrons. The summed E-state index contributed by atoms with van der Waals surface area (Å²) in [6.07, 6.45) is 15.5. The quantitative estimate of drug-likeness (QED) is 0.512. The molecule has 0 amide bonds. The van der Waals surface area contributed by atoms with Crippen LogP contribution in [0, 0.1) is 23.7 Å². The molecule has 7 atom stereocenters. The number of hydrogen-bond acceptors (Lipinski definition) is 2. The van der Waals surface area contributed by atoms with Crippen molar-refractivity contribution >= 4 is 12.1 Å². The van der Waals surface area contributed by atoms with Crippen LogP contribution in [0.1, 0.15) is 91.9 Å². The van der Waals surface area contributed by atoms with Gasteiger partial charge in [0.2, 0.25) is 0 Å². The SMILES string of the molecule is CC(=NC1CCCCC1C)NC(C1CCCC(C)C1)C1CCC=NC1C. The number of nitrogens with one attached hydrogen (secondary N) is 1. The Morgan fingerprint density at radius 1 is 1.04 bits per heavy atom. The molecule has 0 spiro atoms. The molecule has 1 aliphatic heterocycles. The lowest BCUT2D eigenvalue weighted by atomic mass is 9.72. The first-order valence-corrected chi connectivity index (χ1v) is 11.4. The minimum absolute atomic E-state index is 0.444. The highest BCUT2D eigenvalue weighted by atomic mass is 15.0. The van der Waals surface area contributed by atoms with Gasteiger partial charge in [0.05, 0.1) is 17.9 Å². The van der Waals surface area contributed by atoms with Crippen molar-refractivity contribution in [3.05, 3.63) is 0 Å². The third-order valence-electron chi connectivity index (χ3n) is 7.34. The van der Waals surface area contributed by atoms with Crippen LogP contribution in [-0.4, -0.2) is 30.2 Å². The maximum absolute atomic E-state index is 5.16. The van der Waals surface area contributed by atoms with Crippen LogP contribution in [0.25, 0.3) is 0 Å². The van der Waals surface area contributed by atoms with Crippen LogP contribution in [0.2, 0.25) is 0 Å². The van der Waals surface area contributed by atoms with Crippen LogP contribution < -0.4 is 5.32 Å². The molecule has 7 unspecified atom stereocenters. The Labute approximate surface area is 161 Å². The van der Waals surface area contributed by atoms with Crippen molar-refractivity contribution in [1.82, 2.24) is 5.32 Å². The van der Waals surface area contributed by atoms with Crippen LogP contribution >= 0.6 is 0 Å². The van der Waals surface area contributed by atoms with Gasteiger partial charge in [-0.05, 0) is 76.3 Å². The molecule has 3 heteroatoms. The van der Waals surface area contributed by atoms with Gasteiger partial charge < -0.3 is 5.32 Å². The summed E-state index contributed by atoms with van der Waals surface area (Å²) in [5.41, 5.74) is 0. The Hall–Kier alpha value is -0.860. The molecule has 148 valence electrons. The van der Waals surface area contributed by atoms with Gasteiger partial charge in [-0.1, -0.05) is 39.5 Å². The van der Waals surface area contributed by atoms with Gasteiger partial charge in [-0.25, -0.2) is 0 Å². The van der Waals surface area contributed by atoms with E-state index in [0.717, 1.165) is 24.2 Å². The Kier molecular flexibility index (Phi) is 7.17. The second kappa shape index (κ2) is 9.37. The van der Waals surface area contributed by atoms with Gasteiger partial charge in [-0.3, -0.25) is 9.98 Å². The maximum Gasteiger partial charge on any atom is 0.0937 e. The van der Waals surface area contributed by atoms with E-state index in [1.165, 1.54) is 63.6 Å². The molecule has 2 saturated carbocycles. The van der Waals surface area contributed by atoms with Crippen molar-refractivity contribution in [1.29, 1.82) is 0 Å². The Morgan fingerprint density at radius 2 is 1.85 bits per heavy atom. The summed E-state index contributed by atoms with van der Waals surface area (Å²) in [6, 6.07) is 1.52. The minimum Gasteiger partial charge on any atom is -0.371 e. The van der Waals surface area contributed by atoms with Crippen LogP contribution in [0.3, 0.4) is 0 Å². The Balaban J connectivity index is 1.73. The summed E-state index contributed by atoms with van der Waals surface area (Å²) in [5.74, 6) is 4.24. The topological polar surface area (TPSA) is 36.8 Å². The highest BCUT2D eigenvalue weighted by Gasteiger charge is 2.36. The van der Waals surface area contributed by atoms with Gasteiger partial charge in [-0.2, -0.15) is 0 Å². The standard InChI is InChI=1S/C23H41N3/c1-16-9-7-11-20(15-16)23(21-12-8-14-24-18(21)3)26-19(4)25-22-13-6-5-10-17(22)2/h14,16-18,20-23H,5-13,15H2,1-4H3,(H,25,26). The lowest BCUT2D eigenvalue weighted by molar-refractivity contribution is 0.172. The number of rotatable bonds is 4. The number of nitrogens with zero attached hydrogens (tertiary/aromatic N) is 2. The largest absolute Gasteiger partial charge is 0.371 e. The molecule has 3 rings (SSSR count). The molecule has 0 bridgehead atoms. The molecule has 3 aliphatic rings. The third kappa shape index (κ3) is 5.10. The first kappa shape index (κ1) is 19.9. The molecule has 1 N–H and O–H groups in total. The summed E-state index contributed by atoms with van der Waals surface area (Å²) in [6.45, 7) is 9.36. The van der Waals surface area contributed by atoms with Gasteiger partial charge >= 0.3 is 0 Å². The average molecular weight is 360 g/mol. The predicted octanol–water partition coefficient (Wildman–Crippen LogP) is 5.64. The maximum atomic E-state index is 5.16. The molecule has 26 heavy (non-hydrogen) atoms. The molecule has 0 aromatic rings. The normalized spacial score (nSPS) is 40.2. The van der Waals surface area contributed by atoms with Crippen LogP contribution in [0.5, 0.6) is 0 Å². The molecule has 0 aromatic heterocycles. The Bertz CT molecular complexity index is 498. The molecule has 2 fully saturated rings. The van der Waals surface area contributed by atoms with E-state index < -0.39 is 0 Å². The lowest BCUT2D eigenvalue weighted by Crippen LogP contribution is -2.49. The lowest BCUT2D eigenvalue weighted by Gasteiger charge is -2.41. The molecular formula is C23H41N3. The van der Waals surface area contributed by atoms with Crippen molar-refractivity contribution < 1.29 is 0 Å². The number of hydrogen-bond donors (Lipinski definition) is 1. The first-order chi connectivity index (χ1) is 12.5. The van der Waals surface area contributed by atoms with Gasteiger partial charge in [0.1, 0.15) is 0 Å². The summed E-state index contributed by atoms with van der Waals surface area (Å²) in [5, 5.41) is 3.95. The molecule has 1 heterocycles. The van der Waals surface area contributed by atoms with Crippen molar-refractivity contribution in [2.45, 2.75) is 110 Å². The van der Waals surface area contributed by atoms with E-state index in [1.807, 2.05) is 0 Å². The average Bonchev–Trinajstić information content (AvgIpc) is 2.62. The van der Waals surface area contributed by atoms with Crippen molar-refractivity contribution in [3.63, 3.8) is 0 Å². The summed E-state index contributed by atoms with van der Waals surface area (Å²) in [4.78, 5) is 9.93. The summed E-state index contributed by atoms with van der Waals surface area (Å²) in [7, 11) is 0. The summed E-state index contributed by atoms with van der Waals surface area (Å²) < 4.78 is 0. The van der Waals surface area contributed by atoms with E-state index in [0.29, 0.717) is 24.0 Å². The van der Waals surface area contributed by atoms with E-state index in [2.05, 4.69) is 39.2 Å². The second-order valence-corrected chi connectivity index (χ2v) is 9.56. The van der Waals surface area contributed by atoms with Crippen molar-refractivity contribution in [3.8, 4) is 0 Å². The fourth-order valence-corrected chi connectivity index (χ4v) is 5.74. The van der Waals surface area contributed by atoms with E-state index >= 15 is 0 Å². The smallest absolute Gasteiger partial charge is 0.0937 e. The van der Waals surface area contributed by atoms with E-state index in [1.54, 1.807) is 0 Å². The monoisotopic (exact) mass is 359 g/mol. The van der Waals surface area contributed by atoms with Gasteiger partial charge in [0.25, 0.3) is 0 Å². The summed E-state index contributed by atoms with van der Waals surface area (Å²) >= 11 is 0. The van der Waals surface area contributed by atoms with E-state index in [9.17, 15) is 0 Å². The minimum atomic E-state index is 0.444. The third-order valence-corrected chi connectivity index (χ3v) is 7.34. The second-order valence-electron chi connectivity index (χ2n) is 9.56. The number of aliphatic imine (C=N–C) groups is 2. The molecular weight excluding hydrogens is 318 g/mol. The fraction of sp³-hybridized carbons (Fsp3) is 0.913. The van der Waals surface area contributed by atoms with Gasteiger partial charge in [-0.15, -0.1) is 0 Å². The van der Waals surface area contributed by atoms with Crippen LogP contribution in [-0.2, 0) is 0 Å². The molecule has 2 aliphatic carbocycles. The highest BCUT2D eigenvalue weighted by molar-refractivity contribution is 5.80. The van der Waals surface area contributed by atoms with Crippen LogP contribution in [0.4, 0.5) is 0 Å². The zero-order chi connectivity index (χ0) is 18.5. The van der Waals surface area contributed by atoms with Gasteiger partial charge in [0.15, 0.2) is 0 Å². The Morgan fingerprint density at radius 3 is 2.58 bits per heavy atom. The van der Waals surface area contributed by atoms with E-state index in [-0.39, 0.29) is 0 Å². The highest BCUT2D eigenvalue weighted by Crippen LogP contribution is 2.36. The van der Waals surface area contributed by atoms with Crippen LogP contribution in [0.15, 0.2) is 9.98 Å². The molecule has 0 saturated heterocycles. The molecule has 0 aromatic carbocycles. The van der Waals surface area contributed by atoms with Gasteiger partial charge in [0, 0.05) is 12.0 Å². The fourth-order valence-electron chi connectivity index (χ4n) is 5.74. The number of amidine groups is 1. The zero-order valence-corrected chi connectivity index (χ0v) is 17.6. The zero-order valence-electron chi connectivity index (χ0n) is 17.6. The van der Waals surface area contributed by atoms with E-state index in [4.69, 9.17) is 9.98 Å². The predicted molar refractivity (Wildman–Crippen MR) is 113 cm³/mol.